The van der Waals surface area contributed by atoms with E-state index < -0.39 is 0 Å². The van der Waals surface area contributed by atoms with Gasteiger partial charge in [0, 0.05) is 16.2 Å². The summed E-state index contributed by atoms with van der Waals surface area (Å²) in [5.74, 6) is 0. The first-order valence-corrected chi connectivity index (χ1v) is 8.00. The fraction of sp³-hybridized carbons (Fsp3) is 0.222. The molecule has 1 heterocycles. The maximum atomic E-state index is 4.54. The van der Waals surface area contributed by atoms with E-state index in [1.165, 1.54) is 0 Å². The van der Waals surface area contributed by atoms with Gasteiger partial charge in [-0.15, -0.1) is 0 Å². The molecule has 1 aromatic heterocycles. The second kappa shape index (κ2) is 5.69. The second-order valence-electron chi connectivity index (χ2n) is 6.27. The maximum absolute atomic E-state index is 4.54. The second-order valence-corrected chi connectivity index (χ2v) is 7.18. The first-order valence-electron chi connectivity index (χ1n) is 7.21. The number of hydrogen-bond acceptors (Lipinski definition) is 2. The molecule has 0 aliphatic heterocycles. The molecule has 3 aromatic rings. The van der Waals surface area contributed by atoms with Crippen molar-refractivity contribution in [2.75, 3.05) is 0 Å². The Morgan fingerprint density at radius 2 is 1.82 bits per heavy atom. The van der Waals surface area contributed by atoms with Crippen LogP contribution in [0.15, 0.2) is 58.3 Å². The first-order chi connectivity index (χ1) is 10.4. The Balaban J connectivity index is 1.91. The predicted molar refractivity (Wildman–Crippen MR) is 96.1 cm³/mol. The zero-order valence-corrected chi connectivity index (χ0v) is 14.5. The lowest BCUT2D eigenvalue weighted by atomic mass is 10.1. The summed E-state index contributed by atoms with van der Waals surface area (Å²) in [5, 5.41) is 0. The zero-order chi connectivity index (χ0) is 15.7. The summed E-state index contributed by atoms with van der Waals surface area (Å²) in [6, 6.07) is 14.2. The van der Waals surface area contributed by atoms with Crippen molar-refractivity contribution in [1.29, 1.82) is 0 Å². The van der Waals surface area contributed by atoms with Crippen LogP contribution < -0.4 is 0 Å². The van der Waals surface area contributed by atoms with E-state index in [9.17, 15) is 0 Å². The molecule has 3 rings (SSSR count). The summed E-state index contributed by atoms with van der Waals surface area (Å²) < 4.78 is 3.25. The number of aromatic nitrogens is 2. The van der Waals surface area contributed by atoms with E-state index in [0.717, 1.165) is 26.8 Å². The number of halogens is 1. The Kier molecular flexibility index (Phi) is 3.87. The van der Waals surface area contributed by atoms with Crippen molar-refractivity contribution in [2.24, 2.45) is 4.99 Å². The molecule has 0 atom stereocenters. The molecule has 0 aliphatic rings. The smallest absolute Gasteiger partial charge is 0.0963 e. The number of nitrogens with zero attached hydrogens (tertiary/aromatic N) is 3. The lowest BCUT2D eigenvalue weighted by molar-refractivity contribution is 0.408. The average molecular weight is 356 g/mol. The highest BCUT2D eigenvalue weighted by atomic mass is 79.9. The minimum Gasteiger partial charge on any atom is -0.325 e. The van der Waals surface area contributed by atoms with Gasteiger partial charge in [0.05, 0.1) is 23.0 Å². The summed E-state index contributed by atoms with van der Waals surface area (Å²) >= 11 is 3.43. The molecule has 0 spiro atoms. The van der Waals surface area contributed by atoms with Gasteiger partial charge in [-0.2, -0.15) is 0 Å². The highest BCUT2D eigenvalue weighted by Gasteiger charge is 2.15. The van der Waals surface area contributed by atoms with E-state index in [2.05, 4.69) is 57.3 Å². The predicted octanol–water partition coefficient (Wildman–Crippen LogP) is 5.30. The van der Waals surface area contributed by atoms with Crippen LogP contribution in [0.4, 0.5) is 5.69 Å². The van der Waals surface area contributed by atoms with E-state index >= 15 is 0 Å². The monoisotopic (exact) mass is 355 g/mol. The van der Waals surface area contributed by atoms with Crippen molar-refractivity contribution in [3.8, 4) is 0 Å². The molecule has 0 saturated carbocycles. The fourth-order valence-corrected chi connectivity index (χ4v) is 2.58. The van der Waals surface area contributed by atoms with Crippen molar-refractivity contribution in [2.45, 2.75) is 26.3 Å². The molecule has 0 aliphatic carbocycles. The number of benzene rings is 2. The summed E-state index contributed by atoms with van der Waals surface area (Å²) in [6.45, 7) is 6.52. The molecule has 22 heavy (non-hydrogen) atoms. The SMILES string of the molecule is CC(C)(C)n1cnc2cc(N=Cc3ccc(Br)cc3)ccc21. The standard InChI is InChI=1S/C18H18BrN3/c1-18(2,3)22-12-21-16-10-15(8-9-17(16)22)20-11-13-4-6-14(19)7-5-13/h4-12H,1-3H3. The Hall–Kier alpha value is -1.94. The van der Waals surface area contributed by atoms with Crippen molar-refractivity contribution in [3.63, 3.8) is 0 Å². The van der Waals surface area contributed by atoms with Crippen molar-refractivity contribution in [3.05, 3.63) is 58.8 Å². The van der Waals surface area contributed by atoms with Gasteiger partial charge in [0.1, 0.15) is 0 Å². The summed E-state index contributed by atoms with van der Waals surface area (Å²) in [5.41, 5.74) is 4.12. The highest BCUT2D eigenvalue weighted by Crippen LogP contribution is 2.25. The van der Waals surface area contributed by atoms with Gasteiger partial charge >= 0.3 is 0 Å². The molecular formula is C18H18BrN3. The van der Waals surface area contributed by atoms with Crippen molar-refractivity contribution in [1.82, 2.24) is 9.55 Å². The molecule has 0 unspecified atom stereocenters. The van der Waals surface area contributed by atoms with Crippen LogP contribution in [0.3, 0.4) is 0 Å². The maximum Gasteiger partial charge on any atom is 0.0963 e. The molecule has 0 radical (unpaired) electrons. The van der Waals surface area contributed by atoms with E-state index in [1.807, 2.05) is 48.9 Å². The molecule has 0 saturated heterocycles. The van der Waals surface area contributed by atoms with Gasteiger partial charge in [-0.25, -0.2) is 4.98 Å². The molecule has 112 valence electrons. The summed E-state index contributed by atoms with van der Waals surface area (Å²) in [7, 11) is 0. The van der Waals surface area contributed by atoms with Gasteiger partial charge in [0.25, 0.3) is 0 Å². The van der Waals surface area contributed by atoms with Gasteiger partial charge in [-0.3, -0.25) is 4.99 Å². The van der Waals surface area contributed by atoms with Gasteiger partial charge in [0.2, 0.25) is 0 Å². The third kappa shape index (κ3) is 3.12. The van der Waals surface area contributed by atoms with Crippen LogP contribution in [0.2, 0.25) is 0 Å². The summed E-state index contributed by atoms with van der Waals surface area (Å²) in [4.78, 5) is 9.03. The van der Waals surface area contributed by atoms with Crippen LogP contribution in [0.1, 0.15) is 26.3 Å². The number of fused-ring (bicyclic) bond motifs is 1. The minimum atomic E-state index is 0.0248. The quantitative estimate of drug-likeness (QED) is 0.573. The minimum absolute atomic E-state index is 0.0248. The van der Waals surface area contributed by atoms with Crippen LogP contribution in [0.5, 0.6) is 0 Å². The molecule has 2 aromatic carbocycles. The van der Waals surface area contributed by atoms with Crippen LogP contribution in [0.25, 0.3) is 11.0 Å². The van der Waals surface area contributed by atoms with Gasteiger partial charge < -0.3 is 4.57 Å². The molecular weight excluding hydrogens is 338 g/mol. The van der Waals surface area contributed by atoms with Gasteiger partial charge in [-0.05, 0) is 56.7 Å². The fourth-order valence-electron chi connectivity index (χ4n) is 2.31. The molecule has 4 heteroatoms. The number of aliphatic imine (C=N–C) groups is 1. The molecule has 3 nitrogen and oxygen atoms in total. The normalized spacial score (nSPS) is 12.4. The molecule has 0 N–H and O–H groups in total. The molecule has 0 fully saturated rings. The Morgan fingerprint density at radius 3 is 2.50 bits per heavy atom. The molecule has 0 amide bonds. The average Bonchev–Trinajstić information content (AvgIpc) is 2.90. The topological polar surface area (TPSA) is 30.2 Å². The van der Waals surface area contributed by atoms with Crippen LogP contribution in [-0.4, -0.2) is 15.8 Å². The van der Waals surface area contributed by atoms with E-state index in [4.69, 9.17) is 0 Å². The van der Waals surface area contributed by atoms with Crippen LogP contribution in [0, 0.1) is 0 Å². The van der Waals surface area contributed by atoms with Gasteiger partial charge in [0.15, 0.2) is 0 Å². The Bertz CT molecular complexity index is 824. The summed E-state index contributed by atoms with van der Waals surface area (Å²) in [6.07, 6.45) is 3.77. The largest absolute Gasteiger partial charge is 0.325 e. The highest BCUT2D eigenvalue weighted by molar-refractivity contribution is 9.10. The van der Waals surface area contributed by atoms with E-state index in [0.29, 0.717) is 0 Å². The lowest BCUT2D eigenvalue weighted by Gasteiger charge is -2.21. The lowest BCUT2D eigenvalue weighted by Crippen LogP contribution is -2.20. The first kappa shape index (κ1) is 15.0. The Labute approximate surface area is 138 Å². The molecule has 0 bridgehead atoms. The third-order valence-corrected chi connectivity index (χ3v) is 4.01. The zero-order valence-electron chi connectivity index (χ0n) is 12.9. The van der Waals surface area contributed by atoms with Crippen molar-refractivity contribution >= 4 is 38.9 Å². The number of rotatable bonds is 2. The van der Waals surface area contributed by atoms with Crippen LogP contribution >= 0.6 is 15.9 Å². The van der Waals surface area contributed by atoms with Crippen LogP contribution in [-0.2, 0) is 5.54 Å². The van der Waals surface area contributed by atoms with Crippen molar-refractivity contribution < 1.29 is 0 Å². The van der Waals surface area contributed by atoms with E-state index in [-0.39, 0.29) is 5.54 Å². The Morgan fingerprint density at radius 1 is 1.09 bits per heavy atom. The van der Waals surface area contributed by atoms with E-state index in [1.54, 1.807) is 0 Å². The number of hydrogen-bond donors (Lipinski definition) is 0. The van der Waals surface area contributed by atoms with Gasteiger partial charge in [-0.1, -0.05) is 28.1 Å². The third-order valence-electron chi connectivity index (χ3n) is 3.49. The number of imidazole rings is 1.